The van der Waals surface area contributed by atoms with Crippen molar-refractivity contribution in [2.24, 2.45) is 0 Å². The summed E-state index contributed by atoms with van der Waals surface area (Å²) >= 11 is 0. The third-order valence-electron chi connectivity index (χ3n) is 6.53. The molecular weight excluding hydrogens is 546 g/mol. The van der Waals surface area contributed by atoms with E-state index in [1.54, 1.807) is 26.6 Å². The van der Waals surface area contributed by atoms with Gasteiger partial charge in [0.25, 0.3) is 0 Å². The first-order valence-corrected chi connectivity index (χ1v) is 14.5. The summed E-state index contributed by atoms with van der Waals surface area (Å²) in [5.41, 5.74) is 4.60. The van der Waals surface area contributed by atoms with Gasteiger partial charge in [-0.25, -0.2) is 9.78 Å². The molecule has 2 heterocycles. The second-order valence-electron chi connectivity index (χ2n) is 11.5. The van der Waals surface area contributed by atoms with Crippen LogP contribution in [0, 0.1) is 0 Å². The number of rotatable bonds is 13. The first kappa shape index (κ1) is 31.6. The van der Waals surface area contributed by atoms with Crippen LogP contribution in [-0.2, 0) is 11.3 Å². The molecule has 0 radical (unpaired) electrons. The average molecular weight is 590 g/mol. The van der Waals surface area contributed by atoms with Crippen LogP contribution in [0.4, 0.5) is 16.2 Å². The highest BCUT2D eigenvalue weighted by Crippen LogP contribution is 2.34. The van der Waals surface area contributed by atoms with Gasteiger partial charge in [0.05, 0.1) is 43.3 Å². The summed E-state index contributed by atoms with van der Waals surface area (Å²) in [6.07, 6.45) is 5.79. The van der Waals surface area contributed by atoms with Gasteiger partial charge < -0.3 is 29.7 Å². The number of carbonyl (C=O) groups excluding carboxylic acids is 1. The van der Waals surface area contributed by atoms with Crippen LogP contribution in [0.5, 0.6) is 11.5 Å². The van der Waals surface area contributed by atoms with Crippen molar-refractivity contribution in [1.82, 2.24) is 30.4 Å². The summed E-state index contributed by atoms with van der Waals surface area (Å²) in [7, 11) is 3.30. The van der Waals surface area contributed by atoms with Gasteiger partial charge in [-0.2, -0.15) is 5.10 Å². The Morgan fingerprint density at radius 3 is 2.40 bits per heavy atom. The van der Waals surface area contributed by atoms with E-state index in [2.05, 4.69) is 51.6 Å². The summed E-state index contributed by atoms with van der Waals surface area (Å²) in [5, 5.41) is 10.8. The van der Waals surface area contributed by atoms with Gasteiger partial charge >= 0.3 is 6.09 Å². The van der Waals surface area contributed by atoms with Crippen LogP contribution in [0.2, 0.25) is 0 Å². The van der Waals surface area contributed by atoms with E-state index in [9.17, 15) is 4.79 Å². The minimum absolute atomic E-state index is 0.369. The molecule has 4 rings (SSSR count). The molecule has 0 aliphatic heterocycles. The Hall–Kier alpha value is -4.38. The molecule has 1 amide bonds. The summed E-state index contributed by atoms with van der Waals surface area (Å²) in [6.45, 7) is 12.4. The number of nitrogens with one attached hydrogen (secondary N) is 2. The van der Waals surface area contributed by atoms with Crippen LogP contribution >= 0.6 is 0 Å². The molecule has 0 saturated heterocycles. The molecule has 0 aliphatic carbocycles. The largest absolute Gasteiger partial charge is 0.497 e. The lowest BCUT2D eigenvalue weighted by atomic mass is 10.2. The third kappa shape index (κ3) is 9.05. The maximum atomic E-state index is 11.9. The SMILES string of the molecule is COc1cc(OC)cc(N(CCNC(C)C)c2ccc3ncc(-c4cnn(CCCNC(=O)OC(C)(C)C)c4)nc3c2)c1. The smallest absolute Gasteiger partial charge is 0.407 e. The van der Waals surface area contributed by atoms with Gasteiger partial charge in [0, 0.05) is 73.6 Å². The van der Waals surface area contributed by atoms with E-state index in [1.807, 2.05) is 55.9 Å². The number of methoxy groups -OCH3 is 2. The number of ether oxygens (including phenoxy) is 3. The van der Waals surface area contributed by atoms with Gasteiger partial charge in [-0.15, -0.1) is 0 Å². The summed E-state index contributed by atoms with van der Waals surface area (Å²) < 4.78 is 18.2. The van der Waals surface area contributed by atoms with E-state index in [-0.39, 0.29) is 0 Å². The molecule has 0 bridgehead atoms. The van der Waals surface area contributed by atoms with E-state index >= 15 is 0 Å². The highest BCUT2D eigenvalue weighted by atomic mass is 16.6. The van der Waals surface area contributed by atoms with E-state index in [0.717, 1.165) is 58.3 Å². The van der Waals surface area contributed by atoms with Gasteiger partial charge in [0.1, 0.15) is 17.1 Å². The van der Waals surface area contributed by atoms with Crippen LogP contribution < -0.4 is 25.0 Å². The number of fused-ring (bicyclic) bond motifs is 1. The zero-order valence-corrected chi connectivity index (χ0v) is 26.2. The fourth-order valence-corrected chi connectivity index (χ4v) is 4.49. The lowest BCUT2D eigenvalue weighted by Crippen LogP contribution is -2.33. The molecule has 11 heteroatoms. The van der Waals surface area contributed by atoms with Crippen LogP contribution in [0.15, 0.2) is 55.0 Å². The quantitative estimate of drug-likeness (QED) is 0.193. The topological polar surface area (TPSA) is 116 Å². The second-order valence-corrected chi connectivity index (χ2v) is 11.5. The summed E-state index contributed by atoms with van der Waals surface area (Å²) in [5.74, 6) is 1.44. The molecule has 43 heavy (non-hydrogen) atoms. The van der Waals surface area contributed by atoms with Gasteiger partial charge in [-0.05, 0) is 45.4 Å². The summed E-state index contributed by atoms with van der Waals surface area (Å²) in [4.78, 5) is 23.7. The van der Waals surface area contributed by atoms with E-state index in [1.165, 1.54) is 0 Å². The van der Waals surface area contributed by atoms with Crippen molar-refractivity contribution in [1.29, 1.82) is 0 Å². The number of benzene rings is 2. The number of amides is 1. The average Bonchev–Trinajstić information content (AvgIpc) is 3.44. The van der Waals surface area contributed by atoms with E-state index < -0.39 is 11.7 Å². The Balaban J connectivity index is 1.53. The van der Waals surface area contributed by atoms with Gasteiger partial charge in [-0.1, -0.05) is 13.8 Å². The molecule has 2 aromatic carbocycles. The lowest BCUT2D eigenvalue weighted by Gasteiger charge is -2.27. The highest BCUT2D eigenvalue weighted by Gasteiger charge is 2.16. The number of hydrogen-bond acceptors (Lipinski definition) is 9. The molecule has 11 nitrogen and oxygen atoms in total. The Morgan fingerprint density at radius 1 is 0.977 bits per heavy atom. The van der Waals surface area contributed by atoms with E-state index in [4.69, 9.17) is 19.2 Å². The van der Waals surface area contributed by atoms with Crippen molar-refractivity contribution in [2.75, 3.05) is 38.8 Å². The second kappa shape index (κ2) is 14.2. The third-order valence-corrected chi connectivity index (χ3v) is 6.53. The molecule has 0 atom stereocenters. The fourth-order valence-electron chi connectivity index (χ4n) is 4.49. The van der Waals surface area contributed by atoms with E-state index in [0.29, 0.717) is 25.6 Å². The predicted molar refractivity (Wildman–Crippen MR) is 169 cm³/mol. The van der Waals surface area contributed by atoms with Gasteiger partial charge in [0.15, 0.2) is 0 Å². The standard InChI is InChI=1S/C32H43N7O4/c1-22(2)33-12-14-39(25-15-26(41-6)18-27(16-25)42-7)24-9-10-28-29(17-24)37-30(20-35-28)23-19-36-38(21-23)13-8-11-34-31(40)43-32(3,4)5/h9-10,15-22,33H,8,11-14H2,1-7H3,(H,34,40). The zero-order valence-electron chi connectivity index (χ0n) is 26.2. The van der Waals surface area contributed by atoms with Crippen molar-refractivity contribution in [2.45, 2.75) is 59.2 Å². The van der Waals surface area contributed by atoms with Crippen LogP contribution in [0.25, 0.3) is 22.3 Å². The number of carbonyl (C=O) groups is 1. The molecule has 230 valence electrons. The van der Waals surface area contributed by atoms with Gasteiger partial charge in [-0.3, -0.25) is 9.67 Å². The van der Waals surface area contributed by atoms with Crippen LogP contribution in [0.1, 0.15) is 41.0 Å². The maximum absolute atomic E-state index is 11.9. The Morgan fingerprint density at radius 2 is 1.72 bits per heavy atom. The molecule has 0 fully saturated rings. The molecule has 0 saturated carbocycles. The number of aromatic nitrogens is 4. The Kier molecular flexibility index (Phi) is 10.4. The molecule has 0 unspecified atom stereocenters. The van der Waals surface area contributed by atoms with Gasteiger partial charge in [0.2, 0.25) is 0 Å². The first-order chi connectivity index (χ1) is 20.5. The molecule has 0 spiro atoms. The van der Waals surface area contributed by atoms with Crippen LogP contribution in [-0.4, -0.2) is 71.3 Å². The number of hydrogen-bond donors (Lipinski definition) is 2. The minimum Gasteiger partial charge on any atom is -0.497 e. The van der Waals surface area contributed by atoms with Crippen molar-refractivity contribution >= 4 is 28.5 Å². The van der Waals surface area contributed by atoms with Crippen molar-refractivity contribution in [3.05, 3.63) is 55.0 Å². The Labute approximate surface area is 253 Å². The maximum Gasteiger partial charge on any atom is 0.407 e. The molecular formula is C32H43N7O4. The number of aryl methyl sites for hydroxylation is 1. The fraction of sp³-hybridized carbons (Fsp3) is 0.438. The minimum atomic E-state index is -0.519. The molecule has 2 N–H and O–H groups in total. The molecule has 4 aromatic rings. The van der Waals surface area contributed by atoms with Crippen molar-refractivity contribution < 1.29 is 19.0 Å². The number of alkyl carbamates (subject to hydrolysis) is 1. The Bertz CT molecular complexity index is 1490. The monoisotopic (exact) mass is 589 g/mol. The van der Waals surface area contributed by atoms with Crippen molar-refractivity contribution in [3.8, 4) is 22.8 Å². The number of nitrogens with zero attached hydrogens (tertiary/aromatic N) is 5. The zero-order chi connectivity index (χ0) is 31.0. The molecule has 0 aliphatic rings. The van der Waals surface area contributed by atoms with Crippen molar-refractivity contribution in [3.63, 3.8) is 0 Å². The number of anilines is 2. The lowest BCUT2D eigenvalue weighted by molar-refractivity contribution is 0.0526. The highest BCUT2D eigenvalue weighted by molar-refractivity contribution is 5.82. The predicted octanol–water partition coefficient (Wildman–Crippen LogP) is 5.56. The summed E-state index contributed by atoms with van der Waals surface area (Å²) in [6, 6.07) is 12.3. The normalized spacial score (nSPS) is 11.5. The molecule has 2 aromatic heterocycles. The first-order valence-electron chi connectivity index (χ1n) is 14.5. The van der Waals surface area contributed by atoms with Crippen LogP contribution in [0.3, 0.4) is 0 Å².